The van der Waals surface area contributed by atoms with Crippen molar-refractivity contribution < 1.29 is 95.6 Å². The van der Waals surface area contributed by atoms with E-state index in [0.717, 1.165) is 35.4 Å². The van der Waals surface area contributed by atoms with Gasteiger partial charge in [0.1, 0.15) is 0 Å². The number of carboxylic acid groups (broad SMARTS) is 4. The summed E-state index contributed by atoms with van der Waals surface area (Å²) in [6.07, 6.45) is 6.70. The molecule has 48 heavy (non-hydrogen) atoms. The van der Waals surface area contributed by atoms with Crippen LogP contribution in [0.3, 0.4) is 0 Å². The van der Waals surface area contributed by atoms with Crippen LogP contribution < -0.4 is 20.4 Å². The van der Waals surface area contributed by atoms with Crippen molar-refractivity contribution in [3.63, 3.8) is 0 Å². The Balaban J connectivity index is -0.000000293. The number of nitrogens with zero attached hydrogens (tertiary/aromatic N) is 8. The van der Waals surface area contributed by atoms with Gasteiger partial charge in [-0.2, -0.15) is 0 Å². The Morgan fingerprint density at radius 2 is 0.646 bits per heavy atom. The van der Waals surface area contributed by atoms with E-state index in [0.29, 0.717) is 11.6 Å². The van der Waals surface area contributed by atoms with Gasteiger partial charge in [-0.3, -0.25) is 9.97 Å². The third-order valence-corrected chi connectivity index (χ3v) is 4.69. The molecule has 0 amide bonds. The van der Waals surface area contributed by atoms with Crippen LogP contribution in [0.15, 0.2) is 85.5 Å². The first kappa shape index (κ1) is 49.2. The molecular formula is C26H22Cu2N8O12. The van der Waals surface area contributed by atoms with Gasteiger partial charge in [0, 0.05) is 35.9 Å². The average Bonchev–Trinajstić information content (AvgIpc) is 3.02. The summed E-state index contributed by atoms with van der Waals surface area (Å²) in [4.78, 5) is 55.1. The summed E-state index contributed by atoms with van der Waals surface area (Å²) in [5, 5.41) is 57.0. The van der Waals surface area contributed by atoms with Crippen LogP contribution in [0.1, 0.15) is 42.0 Å². The number of hydrogen-bond donors (Lipinski definition) is 0. The van der Waals surface area contributed by atoms with Crippen molar-refractivity contribution in [2.75, 3.05) is 0 Å². The minimum Gasteiger partial charge on any atom is -0.543 e. The number of carboxylic acids is 4. The Labute approximate surface area is 290 Å². The minimum atomic E-state index is -1.52. The maximum Gasteiger partial charge on any atom is 2.00 e. The fourth-order valence-electron chi connectivity index (χ4n) is 2.79. The van der Waals surface area contributed by atoms with Crippen LogP contribution in [0, 0.1) is 0 Å². The summed E-state index contributed by atoms with van der Waals surface area (Å²) in [6.45, 7) is 0. The molecule has 0 saturated carbocycles. The van der Waals surface area contributed by atoms with Crippen LogP contribution in [0.5, 0.6) is 0 Å². The molecule has 0 aliphatic heterocycles. The molecule has 260 valence electrons. The third kappa shape index (κ3) is 15.1. The molecule has 0 atom stereocenters. The van der Waals surface area contributed by atoms with Gasteiger partial charge in [-0.15, -0.1) is 20.4 Å². The molecule has 8 N–H and O–H groups in total. The molecule has 0 aliphatic rings. The molecule has 5 aromatic rings. The summed E-state index contributed by atoms with van der Waals surface area (Å²) in [6, 6.07) is 14.3. The van der Waals surface area contributed by atoms with E-state index < -0.39 is 46.7 Å². The van der Waals surface area contributed by atoms with Gasteiger partial charge < -0.3 is 61.5 Å². The first-order chi connectivity index (χ1) is 20.2. The Morgan fingerprint density at radius 3 is 0.854 bits per heavy atom. The molecule has 0 aromatic carbocycles. The zero-order valence-corrected chi connectivity index (χ0v) is 25.4. The van der Waals surface area contributed by atoms with Crippen LogP contribution >= 0.6 is 0 Å². The molecule has 5 heterocycles. The quantitative estimate of drug-likeness (QED) is 0.145. The number of carbonyl (C=O) groups excluding carboxylic acids is 4. The van der Waals surface area contributed by atoms with Gasteiger partial charge in [0.25, 0.3) is 0 Å². The molecule has 0 saturated heterocycles. The van der Waals surface area contributed by atoms with Gasteiger partial charge in [-0.25, -0.2) is 9.97 Å². The van der Waals surface area contributed by atoms with Crippen molar-refractivity contribution in [2.24, 2.45) is 0 Å². The summed E-state index contributed by atoms with van der Waals surface area (Å²) in [7, 11) is 0. The molecule has 2 radical (unpaired) electrons. The predicted octanol–water partition coefficient (Wildman–Crippen LogP) is -6.30. The Kier molecular flexibility index (Phi) is 25.1. The van der Waals surface area contributed by atoms with E-state index in [1.165, 1.54) is 12.1 Å². The minimum absolute atomic E-state index is 0. The third-order valence-electron chi connectivity index (χ3n) is 4.69. The van der Waals surface area contributed by atoms with Gasteiger partial charge in [-0.1, -0.05) is 12.1 Å². The second-order valence-electron chi connectivity index (χ2n) is 7.48. The van der Waals surface area contributed by atoms with E-state index in [2.05, 4.69) is 40.3 Å². The molecule has 0 aliphatic carbocycles. The van der Waals surface area contributed by atoms with Crippen LogP contribution in [-0.4, -0.2) is 86.1 Å². The van der Waals surface area contributed by atoms with E-state index in [-0.39, 0.29) is 56.0 Å². The van der Waals surface area contributed by atoms with Crippen LogP contribution in [0.4, 0.5) is 0 Å². The number of rotatable bonds is 6. The molecular weight excluding hydrogens is 743 g/mol. The zero-order valence-electron chi connectivity index (χ0n) is 23.5. The van der Waals surface area contributed by atoms with E-state index in [9.17, 15) is 39.6 Å². The molecule has 5 rings (SSSR count). The number of aromatic nitrogens is 8. The fourth-order valence-corrected chi connectivity index (χ4v) is 2.79. The normalized spacial score (nSPS) is 8.50. The molecule has 0 spiro atoms. The first-order valence-electron chi connectivity index (χ1n) is 11.3. The van der Waals surface area contributed by atoms with Gasteiger partial charge in [-0.05, 0) is 48.5 Å². The molecule has 20 nitrogen and oxygen atoms in total. The topological polar surface area (TPSA) is 390 Å². The maximum atomic E-state index is 10.2. The SMILES string of the molecule is O.O.O.O.O=C([O-])c1cccc(C(=O)[O-])n1.O=C([O-])c1cccc(C(=O)[O-])n1.[Cu+2].[Cu+2].c1cc(-c2nnc(-c3ccncc3)nn2)ccn1. The molecule has 5 aromatic heterocycles. The Morgan fingerprint density at radius 1 is 0.417 bits per heavy atom. The second-order valence-corrected chi connectivity index (χ2v) is 7.48. The van der Waals surface area contributed by atoms with E-state index in [1.54, 1.807) is 24.8 Å². The standard InChI is InChI=1S/C12H8N6.2C7H5NO4.2Cu.4H2O/c1-5-13-6-2-9(1)11-15-17-12(18-16-11)10-3-7-14-8-4-10;2*9-6(10)4-2-1-3-5(8-4)7(11)12;;;;;;/h1-8H;2*1-3H,(H,9,10)(H,11,12);;;4*1H2/q;;;2*+2;;;;/p-4. The average molecular weight is 766 g/mol. The summed E-state index contributed by atoms with van der Waals surface area (Å²) in [5.74, 6) is -5.10. The first-order valence-corrected chi connectivity index (χ1v) is 11.3. The Hall–Kier alpha value is -5.70. The van der Waals surface area contributed by atoms with Crippen molar-refractivity contribution in [1.82, 2.24) is 40.3 Å². The van der Waals surface area contributed by atoms with Crippen molar-refractivity contribution in [3.8, 4) is 22.8 Å². The number of carbonyl (C=O) groups is 4. The summed E-state index contributed by atoms with van der Waals surface area (Å²) < 4.78 is 0. The smallest absolute Gasteiger partial charge is 0.543 e. The van der Waals surface area contributed by atoms with Crippen molar-refractivity contribution in [3.05, 3.63) is 108 Å². The largest absolute Gasteiger partial charge is 2.00 e. The van der Waals surface area contributed by atoms with Gasteiger partial charge >= 0.3 is 34.1 Å². The maximum absolute atomic E-state index is 10.2. The number of aromatic carboxylic acids is 4. The van der Waals surface area contributed by atoms with Crippen molar-refractivity contribution >= 4 is 23.9 Å². The van der Waals surface area contributed by atoms with Crippen LogP contribution in [0.25, 0.3) is 22.8 Å². The van der Waals surface area contributed by atoms with E-state index in [4.69, 9.17) is 0 Å². The van der Waals surface area contributed by atoms with E-state index >= 15 is 0 Å². The number of hydrogen-bond acceptors (Lipinski definition) is 16. The summed E-state index contributed by atoms with van der Waals surface area (Å²) in [5.41, 5.74) is -0.000596. The second kappa shape index (κ2) is 24.5. The Bertz CT molecular complexity index is 1520. The molecule has 22 heteroatoms. The van der Waals surface area contributed by atoms with Crippen molar-refractivity contribution in [1.29, 1.82) is 0 Å². The molecule has 0 unspecified atom stereocenters. The van der Waals surface area contributed by atoms with Crippen LogP contribution in [-0.2, 0) is 34.1 Å². The summed E-state index contributed by atoms with van der Waals surface area (Å²) >= 11 is 0. The van der Waals surface area contributed by atoms with Gasteiger partial charge in [0.15, 0.2) is 0 Å². The number of pyridine rings is 4. The fraction of sp³-hybridized carbons (Fsp3) is 0. The van der Waals surface area contributed by atoms with Crippen molar-refractivity contribution in [2.45, 2.75) is 0 Å². The molecule has 0 bridgehead atoms. The van der Waals surface area contributed by atoms with Crippen LogP contribution in [0.2, 0.25) is 0 Å². The zero-order chi connectivity index (χ0) is 30.5. The van der Waals surface area contributed by atoms with E-state index in [1.807, 2.05) is 24.3 Å². The monoisotopic (exact) mass is 764 g/mol. The predicted molar refractivity (Wildman–Crippen MR) is 144 cm³/mol. The van der Waals surface area contributed by atoms with Gasteiger partial charge in [0.05, 0.1) is 46.7 Å². The molecule has 0 fully saturated rings. The van der Waals surface area contributed by atoms with Gasteiger partial charge in [0.2, 0.25) is 11.6 Å².